The molecule has 8 heteroatoms. The molecule has 1 aromatic heterocycles. The fraction of sp³-hybridized carbons (Fsp3) is 0.500. The highest BCUT2D eigenvalue weighted by molar-refractivity contribution is 9.10. The number of nitrogens with zero attached hydrogens (tertiary/aromatic N) is 1. The summed E-state index contributed by atoms with van der Waals surface area (Å²) in [6, 6.07) is 10.9. The molecule has 0 fully saturated rings. The van der Waals surface area contributed by atoms with Crippen LogP contribution in [0, 0.1) is 0 Å². The Hall–Kier alpha value is -2.06. The van der Waals surface area contributed by atoms with Gasteiger partial charge in [0.15, 0.2) is 0 Å². The number of ether oxygens (including phenoxy) is 1. The van der Waals surface area contributed by atoms with Crippen LogP contribution in [-0.2, 0) is 11.3 Å². The Labute approximate surface area is 203 Å². The Kier molecular flexibility index (Phi) is 10.0. The second-order valence-corrected chi connectivity index (χ2v) is 10.7. The van der Waals surface area contributed by atoms with Gasteiger partial charge in [0.05, 0.1) is 6.04 Å². The lowest BCUT2D eigenvalue weighted by atomic mass is 9.99. The number of benzene rings is 1. The maximum absolute atomic E-state index is 12.5. The van der Waals surface area contributed by atoms with Gasteiger partial charge in [0.1, 0.15) is 5.60 Å². The second kappa shape index (κ2) is 12.3. The zero-order valence-electron chi connectivity index (χ0n) is 19.1. The van der Waals surface area contributed by atoms with E-state index in [1.165, 1.54) is 16.2 Å². The quantitative estimate of drug-likeness (QED) is 0.344. The minimum Gasteiger partial charge on any atom is -0.465 e. The third-order valence-electron chi connectivity index (χ3n) is 4.89. The summed E-state index contributed by atoms with van der Waals surface area (Å²) in [6.45, 7) is 7.84. The first-order valence-corrected chi connectivity index (χ1v) is 12.5. The van der Waals surface area contributed by atoms with E-state index in [1.807, 2.05) is 62.5 Å². The van der Waals surface area contributed by atoms with Crippen LogP contribution in [-0.4, -0.2) is 33.8 Å². The Morgan fingerprint density at radius 3 is 2.44 bits per heavy atom. The zero-order chi connectivity index (χ0) is 23.7. The van der Waals surface area contributed by atoms with Crippen LogP contribution in [0.25, 0.3) is 0 Å². The van der Waals surface area contributed by atoms with Gasteiger partial charge in [-0.1, -0.05) is 53.9 Å². The molecule has 176 valence electrons. The topological polar surface area (TPSA) is 78.9 Å². The van der Waals surface area contributed by atoms with E-state index in [2.05, 4.69) is 28.2 Å². The number of carbonyl (C=O) groups is 2. The summed E-state index contributed by atoms with van der Waals surface area (Å²) in [4.78, 5) is 27.2. The van der Waals surface area contributed by atoms with Crippen molar-refractivity contribution in [1.82, 2.24) is 10.2 Å². The molecule has 2 rings (SSSR count). The van der Waals surface area contributed by atoms with E-state index in [1.54, 1.807) is 0 Å². The number of alkyl carbamates (subject to hydrolysis) is 1. The Morgan fingerprint density at radius 1 is 1.22 bits per heavy atom. The van der Waals surface area contributed by atoms with Crippen molar-refractivity contribution < 1.29 is 19.4 Å². The molecular weight excluding hydrogens is 492 g/mol. The molecule has 6 nitrogen and oxygen atoms in total. The van der Waals surface area contributed by atoms with E-state index >= 15 is 0 Å². The fourth-order valence-electron chi connectivity index (χ4n) is 3.42. The summed E-state index contributed by atoms with van der Waals surface area (Å²) in [5, 5.41) is 15.0. The smallest absolute Gasteiger partial charge is 0.408 e. The van der Waals surface area contributed by atoms with Crippen molar-refractivity contribution in [2.45, 2.75) is 77.6 Å². The summed E-state index contributed by atoms with van der Waals surface area (Å²) < 4.78 is 6.40. The number of rotatable bonds is 10. The lowest BCUT2D eigenvalue weighted by Gasteiger charge is -2.32. The van der Waals surface area contributed by atoms with Crippen molar-refractivity contribution in [2.75, 3.05) is 0 Å². The zero-order valence-corrected chi connectivity index (χ0v) is 21.5. The average Bonchev–Trinajstić information content (AvgIpc) is 3.22. The molecule has 2 unspecified atom stereocenters. The Bertz CT molecular complexity index is 850. The molecule has 0 aliphatic rings. The van der Waals surface area contributed by atoms with Crippen molar-refractivity contribution in [1.29, 1.82) is 0 Å². The van der Waals surface area contributed by atoms with E-state index in [-0.39, 0.29) is 18.6 Å². The van der Waals surface area contributed by atoms with E-state index in [0.717, 1.165) is 34.2 Å². The van der Waals surface area contributed by atoms with Gasteiger partial charge in [0.2, 0.25) is 0 Å². The van der Waals surface area contributed by atoms with Crippen LogP contribution in [0.5, 0.6) is 0 Å². The first kappa shape index (κ1) is 26.2. The van der Waals surface area contributed by atoms with Gasteiger partial charge in [-0.3, -0.25) is 4.90 Å². The van der Waals surface area contributed by atoms with Crippen molar-refractivity contribution in [3.05, 3.63) is 56.7 Å². The average molecular weight is 526 g/mol. The van der Waals surface area contributed by atoms with Crippen molar-refractivity contribution in [2.24, 2.45) is 0 Å². The number of nitrogens with one attached hydrogen (secondary N) is 1. The lowest BCUT2D eigenvalue weighted by Crippen LogP contribution is -2.42. The molecular formula is C24H33BrN2O4S. The van der Waals surface area contributed by atoms with Crippen LogP contribution in [0.15, 0.2) is 46.3 Å². The van der Waals surface area contributed by atoms with E-state index < -0.39 is 17.8 Å². The molecule has 0 saturated heterocycles. The van der Waals surface area contributed by atoms with Gasteiger partial charge in [-0.25, -0.2) is 9.59 Å². The third-order valence-corrected chi connectivity index (χ3v) is 6.40. The number of carboxylic acid groups (broad SMARTS) is 1. The third kappa shape index (κ3) is 8.82. The molecule has 2 atom stereocenters. The van der Waals surface area contributed by atoms with Crippen LogP contribution in [0.3, 0.4) is 0 Å². The maximum Gasteiger partial charge on any atom is 0.408 e. The number of halogens is 1. The Balaban J connectivity index is 2.27. The van der Waals surface area contributed by atoms with Crippen LogP contribution in [0.4, 0.5) is 9.59 Å². The second-order valence-electron chi connectivity index (χ2n) is 8.79. The molecule has 0 saturated carbocycles. The molecule has 2 amide bonds. The highest BCUT2D eigenvalue weighted by Crippen LogP contribution is 2.32. The summed E-state index contributed by atoms with van der Waals surface area (Å²) in [5.41, 5.74) is 0.309. The van der Waals surface area contributed by atoms with Gasteiger partial charge in [-0.05, 0) is 62.8 Å². The van der Waals surface area contributed by atoms with E-state index in [4.69, 9.17) is 4.74 Å². The number of carbonyl (C=O) groups excluding carboxylic acids is 1. The number of amides is 2. The van der Waals surface area contributed by atoms with Crippen LogP contribution < -0.4 is 5.32 Å². The van der Waals surface area contributed by atoms with Gasteiger partial charge in [0, 0.05) is 21.9 Å². The first-order valence-electron chi connectivity index (χ1n) is 10.9. The lowest BCUT2D eigenvalue weighted by molar-refractivity contribution is 0.0486. The highest BCUT2D eigenvalue weighted by Gasteiger charge is 2.30. The van der Waals surface area contributed by atoms with Gasteiger partial charge in [0.25, 0.3) is 0 Å². The van der Waals surface area contributed by atoms with Crippen molar-refractivity contribution in [3.63, 3.8) is 0 Å². The molecule has 0 aliphatic carbocycles. The van der Waals surface area contributed by atoms with Gasteiger partial charge in [-0.15, -0.1) is 11.3 Å². The van der Waals surface area contributed by atoms with Crippen LogP contribution >= 0.6 is 27.3 Å². The summed E-state index contributed by atoms with van der Waals surface area (Å²) in [6.07, 6.45) is 1.68. The molecule has 0 radical (unpaired) electrons. The SMILES string of the molecule is CCCCC(CC(c1cccs1)N(Cc1ccc(Br)cc1)C(=O)O)NC(=O)OC(C)(C)C. The van der Waals surface area contributed by atoms with Crippen LogP contribution in [0.2, 0.25) is 0 Å². The molecule has 32 heavy (non-hydrogen) atoms. The van der Waals surface area contributed by atoms with Gasteiger partial charge >= 0.3 is 12.2 Å². The molecule has 0 aliphatic heterocycles. The highest BCUT2D eigenvalue weighted by atomic mass is 79.9. The van der Waals surface area contributed by atoms with Gasteiger partial charge < -0.3 is 15.2 Å². The first-order chi connectivity index (χ1) is 15.1. The minimum absolute atomic E-state index is 0.205. The van der Waals surface area contributed by atoms with Crippen molar-refractivity contribution in [3.8, 4) is 0 Å². The van der Waals surface area contributed by atoms with Crippen LogP contribution in [0.1, 0.15) is 69.9 Å². The molecule has 2 N–H and O–H groups in total. The summed E-state index contributed by atoms with van der Waals surface area (Å²) in [7, 11) is 0. The molecule has 0 bridgehead atoms. The fourth-order valence-corrected chi connectivity index (χ4v) is 4.53. The predicted molar refractivity (Wildman–Crippen MR) is 132 cm³/mol. The molecule has 0 spiro atoms. The van der Waals surface area contributed by atoms with Crippen molar-refractivity contribution >= 4 is 39.5 Å². The van der Waals surface area contributed by atoms with E-state index in [9.17, 15) is 14.7 Å². The monoisotopic (exact) mass is 524 g/mol. The minimum atomic E-state index is -0.988. The van der Waals surface area contributed by atoms with E-state index in [0.29, 0.717) is 6.42 Å². The largest absolute Gasteiger partial charge is 0.465 e. The number of unbranched alkanes of at least 4 members (excludes halogenated alkanes) is 1. The summed E-state index contributed by atoms with van der Waals surface area (Å²) >= 11 is 4.95. The normalized spacial score (nSPS) is 13.3. The van der Waals surface area contributed by atoms with Gasteiger partial charge in [-0.2, -0.15) is 0 Å². The number of hydrogen-bond acceptors (Lipinski definition) is 4. The Morgan fingerprint density at radius 2 is 1.91 bits per heavy atom. The standard InChI is InChI=1S/C24H33BrN2O4S/c1-5-6-8-19(26-22(28)31-24(2,3)4)15-20(21-9-7-14-32-21)27(23(29)30)16-17-10-12-18(25)13-11-17/h7,9-14,19-20H,5-6,8,15-16H2,1-4H3,(H,26,28)(H,29,30). The molecule has 1 aromatic carbocycles. The molecule has 1 heterocycles. The molecule has 2 aromatic rings. The maximum atomic E-state index is 12.5. The number of thiophene rings is 1. The predicted octanol–water partition coefficient (Wildman–Crippen LogP) is 7.21. The summed E-state index contributed by atoms with van der Waals surface area (Å²) in [5.74, 6) is 0. The number of hydrogen-bond donors (Lipinski definition) is 2.